The lowest BCUT2D eigenvalue weighted by Gasteiger charge is -2.18. The number of hydrogen-bond donors (Lipinski definition) is 0. The Morgan fingerprint density at radius 1 is 1.14 bits per heavy atom. The van der Waals surface area contributed by atoms with Crippen LogP contribution in [-0.2, 0) is 5.41 Å². The van der Waals surface area contributed by atoms with Gasteiger partial charge in [-0.1, -0.05) is 44.5 Å². The second-order valence-corrected chi connectivity index (χ2v) is 6.80. The Balaban J connectivity index is 2.32. The lowest BCUT2D eigenvalue weighted by molar-refractivity contribution is 0.568. The summed E-state index contributed by atoms with van der Waals surface area (Å²) in [4.78, 5) is 4.75. The molecule has 0 amide bonds. The summed E-state index contributed by atoms with van der Waals surface area (Å²) in [6, 6.07) is 8.19. The van der Waals surface area contributed by atoms with Crippen molar-refractivity contribution in [1.29, 1.82) is 0 Å². The van der Waals surface area contributed by atoms with Crippen LogP contribution >= 0.6 is 11.6 Å². The van der Waals surface area contributed by atoms with E-state index in [0.717, 1.165) is 22.5 Å². The molecule has 0 aliphatic heterocycles. The molecular weight excluding hydrogens is 301 g/mol. The predicted molar refractivity (Wildman–Crippen MR) is 86.8 cm³/mol. The van der Waals surface area contributed by atoms with Crippen molar-refractivity contribution >= 4 is 17.2 Å². The van der Waals surface area contributed by atoms with Gasteiger partial charge >= 0.3 is 0 Å². The van der Waals surface area contributed by atoms with Gasteiger partial charge in [-0.2, -0.15) is 5.10 Å². The van der Waals surface area contributed by atoms with Gasteiger partial charge in [0.1, 0.15) is 11.0 Å². The summed E-state index contributed by atoms with van der Waals surface area (Å²) in [6.45, 7) is 8.16. The first kappa shape index (κ1) is 15.0. The molecule has 3 aromatic rings. The topological polar surface area (TPSA) is 30.2 Å². The van der Waals surface area contributed by atoms with Gasteiger partial charge in [0.05, 0.1) is 11.4 Å². The van der Waals surface area contributed by atoms with E-state index in [0.29, 0.717) is 10.8 Å². The third-order valence-corrected chi connectivity index (χ3v) is 3.89. The van der Waals surface area contributed by atoms with E-state index in [1.54, 1.807) is 16.6 Å². The van der Waals surface area contributed by atoms with E-state index in [2.05, 4.69) is 25.9 Å². The minimum atomic E-state index is -0.265. The fraction of sp³-hybridized carbons (Fsp3) is 0.294. The van der Waals surface area contributed by atoms with Gasteiger partial charge in [0.25, 0.3) is 0 Å². The first-order chi connectivity index (χ1) is 10.3. The molecule has 1 aromatic carbocycles. The molecule has 0 N–H and O–H groups in total. The Kier molecular flexibility index (Phi) is 3.44. The monoisotopic (exact) mass is 317 g/mol. The number of nitrogens with zero attached hydrogens (tertiary/aromatic N) is 3. The average Bonchev–Trinajstić information content (AvgIpc) is 2.76. The number of fused-ring (bicyclic) bond motifs is 1. The summed E-state index contributed by atoms with van der Waals surface area (Å²) >= 11 is 6.37. The molecular formula is C17H17ClFN3. The molecule has 114 valence electrons. The normalized spacial score (nSPS) is 12.1. The molecule has 0 aliphatic rings. The zero-order valence-corrected chi connectivity index (χ0v) is 13.7. The smallest absolute Gasteiger partial charge is 0.165 e. The van der Waals surface area contributed by atoms with Crippen molar-refractivity contribution < 1.29 is 4.39 Å². The number of rotatable bonds is 1. The van der Waals surface area contributed by atoms with Crippen LogP contribution in [0.5, 0.6) is 0 Å². The maximum atomic E-state index is 13.2. The third kappa shape index (κ3) is 2.48. The molecule has 0 bridgehead atoms. The molecule has 0 aliphatic carbocycles. The standard InChI is InChI=1S/C17H17ClFN3/c1-10-15(11-5-7-12(19)8-6-11)16-20-13(17(2,3)4)9-14(18)22(16)21-10/h5-9H,1-4H3. The van der Waals surface area contributed by atoms with Crippen molar-refractivity contribution in [2.45, 2.75) is 33.1 Å². The Morgan fingerprint density at radius 2 is 1.77 bits per heavy atom. The van der Waals surface area contributed by atoms with Crippen LogP contribution in [0.2, 0.25) is 5.15 Å². The van der Waals surface area contributed by atoms with Crippen LogP contribution in [0, 0.1) is 12.7 Å². The molecule has 0 fully saturated rings. The van der Waals surface area contributed by atoms with Gasteiger partial charge in [-0.25, -0.2) is 13.9 Å². The molecule has 2 aromatic heterocycles. The number of benzene rings is 1. The van der Waals surface area contributed by atoms with Crippen LogP contribution in [0.15, 0.2) is 30.3 Å². The van der Waals surface area contributed by atoms with Crippen LogP contribution in [0.3, 0.4) is 0 Å². The van der Waals surface area contributed by atoms with E-state index >= 15 is 0 Å². The van der Waals surface area contributed by atoms with Gasteiger partial charge < -0.3 is 0 Å². The number of halogens is 2. The van der Waals surface area contributed by atoms with Crippen molar-refractivity contribution in [3.63, 3.8) is 0 Å². The Morgan fingerprint density at radius 3 is 2.36 bits per heavy atom. The quantitative estimate of drug-likeness (QED) is 0.604. The first-order valence-corrected chi connectivity index (χ1v) is 7.47. The molecule has 0 saturated carbocycles. The van der Waals surface area contributed by atoms with Crippen LogP contribution in [0.4, 0.5) is 4.39 Å². The minimum absolute atomic E-state index is 0.121. The molecule has 0 atom stereocenters. The summed E-state index contributed by atoms with van der Waals surface area (Å²) < 4.78 is 14.8. The SMILES string of the molecule is Cc1nn2c(Cl)cc(C(C)(C)C)nc2c1-c1ccc(F)cc1. The van der Waals surface area contributed by atoms with Crippen molar-refractivity contribution in [1.82, 2.24) is 14.6 Å². The highest BCUT2D eigenvalue weighted by atomic mass is 35.5. The third-order valence-electron chi connectivity index (χ3n) is 3.62. The van der Waals surface area contributed by atoms with E-state index in [1.807, 2.05) is 13.0 Å². The lowest BCUT2D eigenvalue weighted by atomic mass is 9.92. The lowest BCUT2D eigenvalue weighted by Crippen LogP contribution is -2.14. The van der Waals surface area contributed by atoms with Gasteiger partial charge in [-0.15, -0.1) is 0 Å². The van der Waals surface area contributed by atoms with E-state index in [9.17, 15) is 4.39 Å². The molecule has 3 rings (SSSR count). The summed E-state index contributed by atoms with van der Waals surface area (Å²) in [7, 11) is 0. The van der Waals surface area contributed by atoms with Crippen LogP contribution < -0.4 is 0 Å². The highest BCUT2D eigenvalue weighted by Gasteiger charge is 2.21. The molecule has 0 unspecified atom stereocenters. The van der Waals surface area contributed by atoms with Crippen LogP contribution in [0.25, 0.3) is 16.8 Å². The Labute approximate surface area is 133 Å². The number of aromatic nitrogens is 3. The van der Waals surface area contributed by atoms with Crippen LogP contribution in [-0.4, -0.2) is 14.6 Å². The zero-order chi connectivity index (χ0) is 16.1. The molecule has 0 spiro atoms. The second-order valence-electron chi connectivity index (χ2n) is 6.42. The van der Waals surface area contributed by atoms with Crippen molar-refractivity contribution in [2.24, 2.45) is 0 Å². The van der Waals surface area contributed by atoms with Gasteiger partial charge in [-0.3, -0.25) is 0 Å². The van der Waals surface area contributed by atoms with Crippen molar-refractivity contribution in [2.75, 3.05) is 0 Å². The number of aryl methyl sites for hydroxylation is 1. The Bertz CT molecular complexity index is 845. The van der Waals surface area contributed by atoms with Gasteiger partial charge in [-0.05, 0) is 30.7 Å². The molecule has 0 saturated heterocycles. The van der Waals surface area contributed by atoms with Gasteiger partial charge in [0, 0.05) is 11.0 Å². The molecule has 3 nitrogen and oxygen atoms in total. The van der Waals surface area contributed by atoms with E-state index < -0.39 is 0 Å². The molecule has 0 radical (unpaired) electrons. The van der Waals surface area contributed by atoms with Crippen molar-refractivity contribution in [3.8, 4) is 11.1 Å². The zero-order valence-electron chi connectivity index (χ0n) is 13.0. The Hall–Kier alpha value is -1.94. The predicted octanol–water partition coefficient (Wildman–Crippen LogP) is 4.79. The minimum Gasteiger partial charge on any atom is -0.232 e. The maximum absolute atomic E-state index is 13.2. The van der Waals surface area contributed by atoms with E-state index in [4.69, 9.17) is 16.6 Å². The average molecular weight is 318 g/mol. The number of hydrogen-bond acceptors (Lipinski definition) is 2. The summed E-state index contributed by atoms with van der Waals surface area (Å²) in [5.41, 5.74) is 4.04. The van der Waals surface area contributed by atoms with Crippen LogP contribution in [0.1, 0.15) is 32.2 Å². The summed E-state index contributed by atoms with van der Waals surface area (Å²) in [6.07, 6.45) is 0. The molecule has 5 heteroatoms. The largest absolute Gasteiger partial charge is 0.232 e. The van der Waals surface area contributed by atoms with Gasteiger partial charge in [0.15, 0.2) is 5.65 Å². The van der Waals surface area contributed by atoms with E-state index in [-0.39, 0.29) is 11.2 Å². The first-order valence-electron chi connectivity index (χ1n) is 7.09. The maximum Gasteiger partial charge on any atom is 0.165 e. The highest BCUT2D eigenvalue weighted by Crippen LogP contribution is 2.31. The molecule has 22 heavy (non-hydrogen) atoms. The van der Waals surface area contributed by atoms with Crippen molar-refractivity contribution in [3.05, 3.63) is 52.7 Å². The van der Waals surface area contributed by atoms with Gasteiger partial charge in [0.2, 0.25) is 0 Å². The summed E-state index contributed by atoms with van der Waals surface area (Å²) in [5.74, 6) is -0.265. The van der Waals surface area contributed by atoms with E-state index in [1.165, 1.54) is 12.1 Å². The fourth-order valence-corrected chi connectivity index (χ4v) is 2.65. The summed E-state index contributed by atoms with van der Waals surface area (Å²) in [5, 5.41) is 4.98. The highest BCUT2D eigenvalue weighted by molar-refractivity contribution is 6.29. The second kappa shape index (κ2) is 5.06. The fourth-order valence-electron chi connectivity index (χ4n) is 2.43. The molecule has 2 heterocycles.